The van der Waals surface area contributed by atoms with Crippen molar-refractivity contribution in [2.75, 3.05) is 13.2 Å². The number of hydrogen-bond acceptors (Lipinski definition) is 4. The van der Waals surface area contributed by atoms with Crippen LogP contribution in [0.2, 0.25) is 0 Å². The molecule has 1 unspecified atom stereocenters. The zero-order valence-electron chi connectivity index (χ0n) is 12.8. The Labute approximate surface area is 134 Å². The van der Waals surface area contributed by atoms with Crippen LogP contribution in [0.5, 0.6) is 0 Å². The Morgan fingerprint density at radius 2 is 1.48 bits per heavy atom. The molecule has 0 aromatic heterocycles. The zero-order valence-corrected chi connectivity index (χ0v) is 12.8. The third-order valence-electron chi connectivity index (χ3n) is 3.16. The molecule has 2 aromatic rings. The van der Waals surface area contributed by atoms with Crippen LogP contribution in [0.15, 0.2) is 54.6 Å². The lowest BCUT2D eigenvalue weighted by Crippen LogP contribution is -2.09. The van der Waals surface area contributed by atoms with Crippen LogP contribution < -0.4 is 0 Å². The van der Waals surface area contributed by atoms with E-state index in [1.165, 1.54) is 0 Å². The summed E-state index contributed by atoms with van der Waals surface area (Å²) in [6, 6.07) is 15.7. The van der Waals surface area contributed by atoms with Gasteiger partial charge in [0.05, 0.1) is 19.1 Å². The Hall–Kier alpha value is -2.50. The summed E-state index contributed by atoms with van der Waals surface area (Å²) in [7, 11) is 0. The van der Waals surface area contributed by atoms with Gasteiger partial charge in [-0.05, 0) is 18.6 Å². The number of aliphatic carboxylic acids is 1. The second kappa shape index (κ2) is 9.50. The fourth-order valence-corrected chi connectivity index (χ4v) is 1.85. The molecule has 0 bridgehead atoms. The maximum atomic E-state index is 12.2. The number of carbonyl (C=O) groups is 2. The van der Waals surface area contributed by atoms with Crippen LogP contribution in [-0.2, 0) is 4.79 Å². The maximum absolute atomic E-state index is 12.2. The van der Waals surface area contributed by atoms with E-state index in [4.69, 9.17) is 15.3 Å². The monoisotopic (exact) mass is 316 g/mol. The van der Waals surface area contributed by atoms with E-state index in [1.54, 1.807) is 55.5 Å². The highest BCUT2D eigenvalue weighted by molar-refractivity contribution is 6.09. The number of carbonyl (C=O) groups excluding carboxylic acids is 1. The van der Waals surface area contributed by atoms with Gasteiger partial charge in [-0.15, -0.1) is 0 Å². The molecule has 1 atom stereocenters. The van der Waals surface area contributed by atoms with Gasteiger partial charge in [-0.25, -0.2) is 0 Å². The fourth-order valence-electron chi connectivity index (χ4n) is 1.85. The van der Waals surface area contributed by atoms with Gasteiger partial charge in [-0.2, -0.15) is 0 Å². The maximum Gasteiger partial charge on any atom is 0.310 e. The van der Waals surface area contributed by atoms with Crippen LogP contribution in [-0.4, -0.2) is 40.3 Å². The summed E-state index contributed by atoms with van der Waals surface area (Å²) in [5, 5.41) is 24.2. The standard InChI is InChI=1S/C16H14O3.C2H6O2/c1-11(16(18)19)13-8-5-9-14(10-13)15(17)12-6-3-2-4-7-12;3-1-2-4/h2-11H,1H3,(H,18,19);3-4H,1-2H2. The third-order valence-corrected chi connectivity index (χ3v) is 3.16. The molecule has 0 heterocycles. The van der Waals surface area contributed by atoms with Crippen LogP contribution in [0.4, 0.5) is 0 Å². The van der Waals surface area contributed by atoms with E-state index in [2.05, 4.69) is 0 Å². The smallest absolute Gasteiger partial charge is 0.310 e. The van der Waals surface area contributed by atoms with Gasteiger partial charge in [-0.3, -0.25) is 9.59 Å². The molecule has 0 saturated heterocycles. The SMILES string of the molecule is CC(C(=O)O)c1cccc(C(=O)c2ccccc2)c1.OCCO. The molecular formula is C18H20O5. The van der Waals surface area contributed by atoms with E-state index in [-0.39, 0.29) is 19.0 Å². The first-order valence-electron chi connectivity index (χ1n) is 7.15. The van der Waals surface area contributed by atoms with Crippen LogP contribution in [0, 0.1) is 0 Å². The summed E-state index contributed by atoms with van der Waals surface area (Å²) in [5.41, 5.74) is 1.74. The summed E-state index contributed by atoms with van der Waals surface area (Å²) in [5.74, 6) is -1.62. The molecule has 0 saturated carbocycles. The summed E-state index contributed by atoms with van der Waals surface area (Å²) >= 11 is 0. The summed E-state index contributed by atoms with van der Waals surface area (Å²) in [6.45, 7) is 1.36. The normalized spacial score (nSPS) is 11.1. The molecule has 2 rings (SSSR count). The van der Waals surface area contributed by atoms with Gasteiger partial charge < -0.3 is 15.3 Å². The Morgan fingerprint density at radius 1 is 0.913 bits per heavy atom. The van der Waals surface area contributed by atoms with Crippen LogP contribution in [0.3, 0.4) is 0 Å². The number of carboxylic acids is 1. The highest BCUT2D eigenvalue weighted by Crippen LogP contribution is 2.18. The average molecular weight is 316 g/mol. The van der Waals surface area contributed by atoms with Crippen molar-refractivity contribution in [2.45, 2.75) is 12.8 Å². The Kier molecular flexibility index (Phi) is 7.66. The fraction of sp³-hybridized carbons (Fsp3) is 0.222. The minimum Gasteiger partial charge on any atom is -0.481 e. The molecule has 3 N–H and O–H groups in total. The second-order valence-corrected chi connectivity index (χ2v) is 4.83. The first-order valence-corrected chi connectivity index (χ1v) is 7.15. The number of ketones is 1. The number of hydrogen-bond donors (Lipinski definition) is 3. The Bertz CT molecular complexity index is 635. The molecule has 2 aromatic carbocycles. The summed E-state index contributed by atoms with van der Waals surface area (Å²) in [6.07, 6.45) is 0. The minimum absolute atomic E-state index is 0.0972. The van der Waals surface area contributed by atoms with E-state index < -0.39 is 11.9 Å². The highest BCUT2D eigenvalue weighted by Gasteiger charge is 2.16. The summed E-state index contributed by atoms with van der Waals surface area (Å²) < 4.78 is 0. The molecule has 0 aliphatic rings. The molecule has 0 amide bonds. The lowest BCUT2D eigenvalue weighted by Gasteiger charge is -2.08. The Balaban J connectivity index is 0.000000593. The van der Waals surface area contributed by atoms with Crippen molar-refractivity contribution in [3.63, 3.8) is 0 Å². The minimum atomic E-state index is -0.899. The lowest BCUT2D eigenvalue weighted by atomic mass is 9.96. The first kappa shape index (κ1) is 18.5. The third kappa shape index (κ3) is 5.65. The molecule has 0 fully saturated rings. The van der Waals surface area contributed by atoms with Gasteiger partial charge in [0, 0.05) is 11.1 Å². The predicted octanol–water partition coefficient (Wildman–Crippen LogP) is 2.08. The van der Waals surface area contributed by atoms with Crippen LogP contribution in [0.25, 0.3) is 0 Å². The molecule has 122 valence electrons. The highest BCUT2D eigenvalue weighted by atomic mass is 16.4. The van der Waals surface area contributed by atoms with E-state index >= 15 is 0 Å². The van der Waals surface area contributed by atoms with E-state index in [1.807, 2.05) is 6.07 Å². The van der Waals surface area contributed by atoms with Crippen molar-refractivity contribution in [3.8, 4) is 0 Å². The van der Waals surface area contributed by atoms with Gasteiger partial charge in [0.1, 0.15) is 0 Å². The van der Waals surface area contributed by atoms with Crippen molar-refractivity contribution in [1.82, 2.24) is 0 Å². The van der Waals surface area contributed by atoms with E-state index in [0.717, 1.165) is 0 Å². The molecule has 0 radical (unpaired) electrons. The van der Waals surface area contributed by atoms with Gasteiger partial charge in [0.15, 0.2) is 5.78 Å². The molecule has 23 heavy (non-hydrogen) atoms. The number of rotatable bonds is 5. The molecule has 5 heteroatoms. The molecule has 0 aliphatic carbocycles. The summed E-state index contributed by atoms with van der Waals surface area (Å²) in [4.78, 5) is 23.2. The number of aliphatic hydroxyl groups excluding tert-OH is 2. The lowest BCUT2D eigenvalue weighted by molar-refractivity contribution is -0.138. The van der Waals surface area contributed by atoms with E-state index in [0.29, 0.717) is 16.7 Å². The number of carboxylic acid groups (broad SMARTS) is 1. The van der Waals surface area contributed by atoms with Gasteiger partial charge >= 0.3 is 5.97 Å². The van der Waals surface area contributed by atoms with Crippen molar-refractivity contribution in [3.05, 3.63) is 71.3 Å². The number of benzene rings is 2. The molecule has 0 aliphatic heterocycles. The van der Waals surface area contributed by atoms with Crippen LogP contribution >= 0.6 is 0 Å². The Morgan fingerprint density at radius 3 is 2.00 bits per heavy atom. The van der Waals surface area contributed by atoms with Crippen molar-refractivity contribution in [1.29, 1.82) is 0 Å². The molecule has 5 nitrogen and oxygen atoms in total. The van der Waals surface area contributed by atoms with Gasteiger partial charge in [0.2, 0.25) is 0 Å². The zero-order chi connectivity index (χ0) is 17.2. The number of aliphatic hydroxyl groups is 2. The quantitative estimate of drug-likeness (QED) is 0.734. The van der Waals surface area contributed by atoms with Gasteiger partial charge in [0.25, 0.3) is 0 Å². The first-order chi connectivity index (χ1) is 11.0. The van der Waals surface area contributed by atoms with E-state index in [9.17, 15) is 9.59 Å². The predicted molar refractivity (Wildman–Crippen MR) is 86.5 cm³/mol. The van der Waals surface area contributed by atoms with Crippen LogP contribution in [0.1, 0.15) is 34.3 Å². The second-order valence-electron chi connectivity index (χ2n) is 4.83. The average Bonchev–Trinajstić information content (AvgIpc) is 2.61. The van der Waals surface area contributed by atoms with Crippen molar-refractivity contribution in [2.24, 2.45) is 0 Å². The molecule has 0 spiro atoms. The molecular weight excluding hydrogens is 296 g/mol. The topological polar surface area (TPSA) is 94.8 Å². The van der Waals surface area contributed by atoms with Crippen molar-refractivity contribution < 1.29 is 24.9 Å². The largest absolute Gasteiger partial charge is 0.481 e. The van der Waals surface area contributed by atoms with Crippen molar-refractivity contribution >= 4 is 11.8 Å². The van der Waals surface area contributed by atoms with Gasteiger partial charge in [-0.1, -0.05) is 48.5 Å².